The van der Waals surface area contributed by atoms with Crippen LogP contribution in [-0.2, 0) is 4.79 Å². The Bertz CT molecular complexity index is 398. The van der Waals surface area contributed by atoms with Crippen molar-refractivity contribution >= 4 is 5.91 Å². The van der Waals surface area contributed by atoms with Gasteiger partial charge in [0.25, 0.3) is 0 Å². The van der Waals surface area contributed by atoms with Crippen molar-refractivity contribution < 1.29 is 4.79 Å². The van der Waals surface area contributed by atoms with Crippen LogP contribution >= 0.6 is 0 Å². The fourth-order valence-electron chi connectivity index (χ4n) is 1.92. The molecule has 2 atom stereocenters. The summed E-state index contributed by atoms with van der Waals surface area (Å²) in [6.07, 6.45) is 1.54. The van der Waals surface area contributed by atoms with E-state index >= 15 is 0 Å². The fraction of sp³-hybridized carbons (Fsp3) is 0.562. The van der Waals surface area contributed by atoms with Gasteiger partial charge < -0.3 is 11.1 Å². The van der Waals surface area contributed by atoms with Gasteiger partial charge in [0, 0.05) is 0 Å². The minimum absolute atomic E-state index is 0.0307. The third-order valence-corrected chi connectivity index (χ3v) is 3.47. The number of benzene rings is 1. The zero-order valence-corrected chi connectivity index (χ0v) is 12.4. The average molecular weight is 262 g/mol. The second-order valence-electron chi connectivity index (χ2n) is 5.84. The highest BCUT2D eigenvalue weighted by atomic mass is 16.2. The van der Waals surface area contributed by atoms with Gasteiger partial charge in [0.2, 0.25) is 5.91 Å². The van der Waals surface area contributed by atoms with Crippen molar-refractivity contribution in [3.8, 4) is 0 Å². The first-order valence-corrected chi connectivity index (χ1v) is 7.01. The Morgan fingerprint density at radius 3 is 2.37 bits per heavy atom. The van der Waals surface area contributed by atoms with Crippen LogP contribution in [0.2, 0.25) is 0 Å². The van der Waals surface area contributed by atoms with Crippen molar-refractivity contribution in [1.29, 1.82) is 0 Å². The van der Waals surface area contributed by atoms with E-state index in [2.05, 4.69) is 19.2 Å². The lowest BCUT2D eigenvalue weighted by atomic mass is 9.94. The number of rotatable bonds is 6. The van der Waals surface area contributed by atoms with Crippen molar-refractivity contribution in [2.24, 2.45) is 11.7 Å². The lowest BCUT2D eigenvalue weighted by Gasteiger charge is -2.27. The summed E-state index contributed by atoms with van der Waals surface area (Å²) in [5, 5.41) is 3.09. The Kier molecular flexibility index (Phi) is 5.55. The minimum atomic E-state index is -0.802. The molecule has 3 nitrogen and oxygen atoms in total. The molecule has 0 aliphatic rings. The molecule has 0 saturated heterocycles. The molecule has 19 heavy (non-hydrogen) atoms. The van der Waals surface area contributed by atoms with Crippen LogP contribution in [0.15, 0.2) is 30.3 Å². The van der Waals surface area contributed by atoms with Crippen molar-refractivity contribution in [1.82, 2.24) is 5.32 Å². The van der Waals surface area contributed by atoms with Crippen LogP contribution in [0.4, 0.5) is 0 Å². The summed E-state index contributed by atoms with van der Waals surface area (Å²) in [6.45, 7) is 8.02. The highest BCUT2D eigenvalue weighted by molar-refractivity contribution is 5.85. The van der Waals surface area contributed by atoms with Gasteiger partial charge in [0.05, 0.1) is 11.6 Å². The second kappa shape index (κ2) is 6.71. The predicted octanol–water partition coefficient (Wildman–Crippen LogP) is 3.02. The van der Waals surface area contributed by atoms with Gasteiger partial charge in [-0.3, -0.25) is 4.79 Å². The average Bonchev–Trinajstić information content (AvgIpc) is 2.38. The van der Waals surface area contributed by atoms with Crippen LogP contribution in [0.5, 0.6) is 0 Å². The van der Waals surface area contributed by atoms with Gasteiger partial charge in [-0.25, -0.2) is 0 Å². The molecule has 0 aliphatic heterocycles. The number of amides is 1. The summed E-state index contributed by atoms with van der Waals surface area (Å²) in [6, 6.07) is 10.1. The number of hydrogen-bond acceptors (Lipinski definition) is 2. The maximum Gasteiger partial charge on any atom is 0.240 e. The van der Waals surface area contributed by atoms with Gasteiger partial charge in [-0.1, -0.05) is 51.1 Å². The monoisotopic (exact) mass is 262 g/mol. The molecule has 1 aromatic carbocycles. The summed E-state index contributed by atoms with van der Waals surface area (Å²) in [5.74, 6) is 0.431. The Labute approximate surface area is 116 Å². The zero-order chi connectivity index (χ0) is 14.5. The van der Waals surface area contributed by atoms with E-state index in [9.17, 15) is 4.79 Å². The normalized spacial score (nSPS) is 15.9. The molecular weight excluding hydrogens is 236 g/mol. The molecule has 2 unspecified atom stereocenters. The molecule has 0 fully saturated rings. The number of carbonyl (C=O) groups excluding carboxylic acids is 1. The third kappa shape index (κ3) is 4.67. The van der Waals surface area contributed by atoms with Crippen molar-refractivity contribution in [2.75, 3.05) is 0 Å². The van der Waals surface area contributed by atoms with Gasteiger partial charge in [-0.05, 0) is 31.2 Å². The predicted molar refractivity (Wildman–Crippen MR) is 79.7 cm³/mol. The molecule has 0 heterocycles. The number of nitrogens with one attached hydrogen (secondary N) is 1. The molecule has 1 amide bonds. The van der Waals surface area contributed by atoms with E-state index in [0.717, 1.165) is 12.0 Å². The lowest BCUT2D eigenvalue weighted by molar-refractivity contribution is -0.126. The maximum absolute atomic E-state index is 12.2. The van der Waals surface area contributed by atoms with Gasteiger partial charge in [-0.2, -0.15) is 0 Å². The second-order valence-corrected chi connectivity index (χ2v) is 5.84. The van der Waals surface area contributed by atoms with E-state index in [1.807, 2.05) is 37.3 Å². The first kappa shape index (κ1) is 15.7. The van der Waals surface area contributed by atoms with Crippen molar-refractivity contribution in [2.45, 2.75) is 52.1 Å². The molecule has 3 heteroatoms. The molecule has 0 aliphatic carbocycles. The van der Waals surface area contributed by atoms with Gasteiger partial charge in [-0.15, -0.1) is 0 Å². The standard InChI is InChI=1S/C16H26N2O/c1-5-16(4,17)15(19)18-14(11-12(2)3)13-9-7-6-8-10-13/h6-10,12,14H,5,11,17H2,1-4H3,(H,18,19). The molecule has 0 spiro atoms. The first-order chi connectivity index (χ1) is 8.86. The molecule has 3 N–H and O–H groups in total. The largest absolute Gasteiger partial charge is 0.348 e. The summed E-state index contributed by atoms with van der Waals surface area (Å²) in [5.41, 5.74) is 6.34. The van der Waals surface area contributed by atoms with E-state index in [0.29, 0.717) is 12.3 Å². The Hall–Kier alpha value is -1.35. The summed E-state index contributed by atoms with van der Waals surface area (Å²) in [4.78, 5) is 12.2. The Morgan fingerprint density at radius 2 is 1.89 bits per heavy atom. The van der Waals surface area contributed by atoms with Crippen molar-refractivity contribution in [3.63, 3.8) is 0 Å². The van der Waals surface area contributed by atoms with E-state index in [1.165, 1.54) is 0 Å². The van der Waals surface area contributed by atoms with Crippen LogP contribution in [0.25, 0.3) is 0 Å². The summed E-state index contributed by atoms with van der Waals surface area (Å²) < 4.78 is 0. The third-order valence-electron chi connectivity index (χ3n) is 3.47. The fourth-order valence-corrected chi connectivity index (χ4v) is 1.92. The highest BCUT2D eigenvalue weighted by Crippen LogP contribution is 2.22. The van der Waals surface area contributed by atoms with E-state index in [1.54, 1.807) is 6.92 Å². The van der Waals surface area contributed by atoms with Crippen LogP contribution in [-0.4, -0.2) is 11.4 Å². The van der Waals surface area contributed by atoms with E-state index in [4.69, 9.17) is 5.73 Å². The quantitative estimate of drug-likeness (QED) is 0.828. The topological polar surface area (TPSA) is 55.1 Å². The molecule has 0 bridgehead atoms. The van der Waals surface area contributed by atoms with Gasteiger partial charge in [0.15, 0.2) is 0 Å². The SMILES string of the molecule is CCC(C)(N)C(=O)NC(CC(C)C)c1ccccc1. The molecule has 106 valence electrons. The molecule has 1 rings (SSSR count). The molecule has 0 aromatic heterocycles. The summed E-state index contributed by atoms with van der Waals surface area (Å²) in [7, 11) is 0. The number of hydrogen-bond donors (Lipinski definition) is 2. The van der Waals surface area contributed by atoms with Crippen LogP contribution in [0.3, 0.4) is 0 Å². The number of nitrogens with two attached hydrogens (primary N) is 1. The number of carbonyl (C=O) groups is 1. The van der Waals surface area contributed by atoms with Gasteiger partial charge in [0.1, 0.15) is 0 Å². The highest BCUT2D eigenvalue weighted by Gasteiger charge is 2.28. The van der Waals surface area contributed by atoms with E-state index in [-0.39, 0.29) is 11.9 Å². The Morgan fingerprint density at radius 1 is 1.32 bits per heavy atom. The summed E-state index contributed by atoms with van der Waals surface area (Å²) >= 11 is 0. The smallest absolute Gasteiger partial charge is 0.240 e. The molecule has 0 radical (unpaired) electrons. The molecule has 0 saturated carbocycles. The van der Waals surface area contributed by atoms with Crippen LogP contribution < -0.4 is 11.1 Å². The lowest BCUT2D eigenvalue weighted by Crippen LogP contribution is -2.52. The minimum Gasteiger partial charge on any atom is -0.348 e. The first-order valence-electron chi connectivity index (χ1n) is 7.01. The van der Waals surface area contributed by atoms with Crippen molar-refractivity contribution in [3.05, 3.63) is 35.9 Å². The zero-order valence-electron chi connectivity index (χ0n) is 12.4. The Balaban J connectivity index is 2.85. The van der Waals surface area contributed by atoms with Crippen LogP contribution in [0, 0.1) is 5.92 Å². The molecule has 1 aromatic rings. The maximum atomic E-state index is 12.2. The van der Waals surface area contributed by atoms with E-state index < -0.39 is 5.54 Å². The molecular formula is C16H26N2O. The van der Waals surface area contributed by atoms with Crippen LogP contribution in [0.1, 0.15) is 52.1 Å². The van der Waals surface area contributed by atoms with Gasteiger partial charge >= 0.3 is 0 Å².